The van der Waals surface area contributed by atoms with Crippen LogP contribution in [0.5, 0.6) is 0 Å². The van der Waals surface area contributed by atoms with Crippen LogP contribution >= 0.6 is 11.3 Å². The van der Waals surface area contributed by atoms with Gasteiger partial charge in [-0.25, -0.2) is 8.42 Å². The molecule has 0 bridgehead atoms. The van der Waals surface area contributed by atoms with E-state index in [2.05, 4.69) is 33.2 Å². The maximum atomic E-state index is 12.4. The maximum Gasteiger partial charge on any atom is 0.272 e. The molecule has 0 aliphatic carbocycles. The molecule has 3 rings (SSSR count). The summed E-state index contributed by atoms with van der Waals surface area (Å²) in [6.45, 7) is 4.67. The van der Waals surface area contributed by atoms with Gasteiger partial charge < -0.3 is 5.32 Å². The summed E-state index contributed by atoms with van der Waals surface area (Å²) in [4.78, 5) is 1.02. The third-order valence-corrected chi connectivity index (χ3v) is 6.95. The average Bonchev–Trinajstić information content (AvgIpc) is 3.12. The summed E-state index contributed by atoms with van der Waals surface area (Å²) < 4.78 is 27.5. The summed E-state index contributed by atoms with van der Waals surface area (Å²) in [5.74, 6) is 0.776. The van der Waals surface area contributed by atoms with Crippen molar-refractivity contribution < 1.29 is 8.42 Å². The summed E-state index contributed by atoms with van der Waals surface area (Å²) in [6, 6.07) is 14.8. The van der Waals surface area contributed by atoms with E-state index in [-0.39, 0.29) is 10.0 Å². The van der Waals surface area contributed by atoms with Crippen LogP contribution in [-0.4, -0.2) is 18.6 Å². The second kappa shape index (κ2) is 7.84. The van der Waals surface area contributed by atoms with Gasteiger partial charge in [-0.2, -0.15) is 0 Å². The van der Waals surface area contributed by atoms with Crippen molar-refractivity contribution >= 4 is 33.0 Å². The molecule has 0 unspecified atom stereocenters. The van der Waals surface area contributed by atoms with E-state index in [9.17, 15) is 8.42 Å². The fourth-order valence-electron chi connectivity index (χ4n) is 2.36. The molecular formula is C18H20N4O2S2. The fourth-order valence-corrected chi connectivity index (χ4v) is 4.65. The monoisotopic (exact) mass is 388 g/mol. The normalized spacial score (nSPS) is 11.3. The van der Waals surface area contributed by atoms with Crippen molar-refractivity contribution in [2.45, 2.75) is 31.0 Å². The quantitative estimate of drug-likeness (QED) is 0.643. The number of aromatic nitrogens is 2. The van der Waals surface area contributed by atoms with Crippen LogP contribution in [0.3, 0.4) is 0 Å². The van der Waals surface area contributed by atoms with Gasteiger partial charge in [-0.1, -0.05) is 31.2 Å². The van der Waals surface area contributed by atoms with E-state index in [1.165, 1.54) is 22.5 Å². The lowest BCUT2D eigenvalue weighted by atomic mass is 10.1. The first-order valence-corrected chi connectivity index (χ1v) is 10.5. The van der Waals surface area contributed by atoms with E-state index in [4.69, 9.17) is 0 Å². The Kier molecular flexibility index (Phi) is 5.53. The average molecular weight is 389 g/mol. The molecule has 0 fully saturated rings. The van der Waals surface area contributed by atoms with Crippen molar-refractivity contribution in [3.05, 3.63) is 64.5 Å². The van der Waals surface area contributed by atoms with E-state index in [1.54, 1.807) is 18.2 Å². The molecule has 0 saturated heterocycles. The summed E-state index contributed by atoms with van der Waals surface area (Å²) >= 11 is 1.26. The van der Waals surface area contributed by atoms with Gasteiger partial charge in [0.2, 0.25) is 0 Å². The first-order valence-electron chi connectivity index (χ1n) is 8.21. The van der Waals surface area contributed by atoms with Gasteiger partial charge in [-0.05, 0) is 48.7 Å². The highest BCUT2D eigenvalue weighted by atomic mass is 32.2. The first kappa shape index (κ1) is 18.3. The zero-order valence-corrected chi connectivity index (χ0v) is 16.2. The maximum absolute atomic E-state index is 12.4. The number of rotatable bonds is 7. The third kappa shape index (κ3) is 4.39. The highest BCUT2D eigenvalue weighted by Crippen LogP contribution is 2.24. The largest absolute Gasteiger partial charge is 0.364 e. The van der Waals surface area contributed by atoms with Gasteiger partial charge in [0.1, 0.15) is 10.0 Å². The molecule has 0 spiro atoms. The molecule has 26 heavy (non-hydrogen) atoms. The smallest absolute Gasteiger partial charge is 0.272 e. The molecule has 2 heterocycles. The topological polar surface area (TPSA) is 84.0 Å². The molecule has 0 radical (unpaired) electrons. The Bertz CT molecular complexity index is 982. The van der Waals surface area contributed by atoms with E-state index in [1.807, 2.05) is 31.2 Å². The number of nitrogens with zero attached hydrogens (tertiary/aromatic N) is 2. The lowest BCUT2D eigenvalue weighted by Crippen LogP contribution is -2.13. The van der Waals surface area contributed by atoms with Crippen LogP contribution < -0.4 is 10.0 Å². The molecule has 8 heteroatoms. The molecule has 0 aliphatic heterocycles. The van der Waals surface area contributed by atoms with Gasteiger partial charge in [-0.3, -0.25) is 4.72 Å². The van der Waals surface area contributed by atoms with Crippen LogP contribution in [0.1, 0.15) is 22.9 Å². The van der Waals surface area contributed by atoms with Crippen molar-refractivity contribution in [1.29, 1.82) is 0 Å². The number of anilines is 2. The summed E-state index contributed by atoms with van der Waals surface area (Å²) in [6.07, 6.45) is 0.807. The lowest BCUT2D eigenvalue weighted by Gasteiger charge is -2.09. The Hall–Kier alpha value is -2.45. The first-order chi connectivity index (χ1) is 12.5. The van der Waals surface area contributed by atoms with Gasteiger partial charge in [0, 0.05) is 11.4 Å². The Morgan fingerprint density at radius 1 is 1.00 bits per heavy atom. The minimum atomic E-state index is -3.63. The predicted octanol–water partition coefficient (Wildman–Crippen LogP) is 3.82. The highest BCUT2D eigenvalue weighted by molar-refractivity contribution is 7.94. The SMILES string of the molecule is CCc1ccc(S(=O)(=O)Nc2ccc(NCc3ccccc3C)nn2)s1. The number of hydrogen-bond acceptors (Lipinski definition) is 6. The number of nitrogens with one attached hydrogen (secondary N) is 2. The minimum Gasteiger partial charge on any atom is -0.364 e. The highest BCUT2D eigenvalue weighted by Gasteiger charge is 2.17. The Morgan fingerprint density at radius 3 is 2.38 bits per heavy atom. The lowest BCUT2D eigenvalue weighted by molar-refractivity contribution is 0.603. The minimum absolute atomic E-state index is 0.192. The van der Waals surface area contributed by atoms with E-state index in [0.29, 0.717) is 12.4 Å². The number of sulfonamides is 1. The van der Waals surface area contributed by atoms with Gasteiger partial charge >= 0.3 is 0 Å². The predicted molar refractivity (Wildman–Crippen MR) is 105 cm³/mol. The molecule has 1 aromatic carbocycles. The Balaban J connectivity index is 1.65. The molecular weight excluding hydrogens is 368 g/mol. The molecule has 136 valence electrons. The van der Waals surface area contributed by atoms with Gasteiger partial charge in [0.15, 0.2) is 5.82 Å². The van der Waals surface area contributed by atoms with Crippen LogP contribution in [0.2, 0.25) is 0 Å². The number of thiophene rings is 1. The van der Waals surface area contributed by atoms with E-state index in [0.717, 1.165) is 11.3 Å². The second-order valence-electron chi connectivity index (χ2n) is 5.76. The third-order valence-electron chi connectivity index (χ3n) is 3.88. The summed E-state index contributed by atoms with van der Waals surface area (Å²) in [5.41, 5.74) is 2.36. The molecule has 2 aromatic heterocycles. The second-order valence-corrected chi connectivity index (χ2v) is 8.84. The van der Waals surface area contributed by atoms with Gasteiger partial charge in [0.25, 0.3) is 10.0 Å². The van der Waals surface area contributed by atoms with Crippen LogP contribution in [0, 0.1) is 6.92 Å². The zero-order chi connectivity index (χ0) is 18.6. The fraction of sp³-hybridized carbons (Fsp3) is 0.222. The molecule has 3 aromatic rings. The van der Waals surface area contributed by atoms with Crippen LogP contribution in [0.25, 0.3) is 0 Å². The van der Waals surface area contributed by atoms with Crippen molar-refractivity contribution in [3.63, 3.8) is 0 Å². The van der Waals surface area contributed by atoms with Crippen LogP contribution in [0.15, 0.2) is 52.7 Å². The Labute approximate surface area is 157 Å². The standard InChI is InChI=1S/C18H20N4O2S2/c1-3-15-8-11-18(25-15)26(23,24)22-17-10-9-16(20-21-17)19-12-14-7-5-4-6-13(14)2/h4-11H,3,12H2,1-2H3,(H,19,20)(H,21,22). The van der Waals surface area contributed by atoms with Gasteiger partial charge in [-0.15, -0.1) is 21.5 Å². The van der Waals surface area contributed by atoms with Crippen molar-refractivity contribution in [2.75, 3.05) is 10.0 Å². The molecule has 6 nitrogen and oxygen atoms in total. The summed E-state index contributed by atoms with van der Waals surface area (Å²) in [5, 5.41) is 11.2. The van der Waals surface area contributed by atoms with Crippen molar-refractivity contribution in [1.82, 2.24) is 10.2 Å². The number of hydrogen-bond donors (Lipinski definition) is 2. The van der Waals surface area contributed by atoms with E-state index >= 15 is 0 Å². The van der Waals surface area contributed by atoms with Gasteiger partial charge in [0.05, 0.1) is 0 Å². The van der Waals surface area contributed by atoms with E-state index < -0.39 is 10.0 Å². The van der Waals surface area contributed by atoms with Crippen molar-refractivity contribution in [2.24, 2.45) is 0 Å². The molecule has 2 N–H and O–H groups in total. The molecule has 0 atom stereocenters. The van der Waals surface area contributed by atoms with Crippen molar-refractivity contribution in [3.8, 4) is 0 Å². The van der Waals surface area contributed by atoms with Crippen LogP contribution in [-0.2, 0) is 23.0 Å². The summed E-state index contributed by atoms with van der Waals surface area (Å²) in [7, 11) is -3.63. The zero-order valence-electron chi connectivity index (χ0n) is 14.6. The molecule has 0 saturated carbocycles. The molecule has 0 amide bonds. The number of benzene rings is 1. The Morgan fingerprint density at radius 2 is 1.73 bits per heavy atom. The van der Waals surface area contributed by atoms with Crippen LogP contribution in [0.4, 0.5) is 11.6 Å². The number of aryl methyl sites for hydroxylation is 2. The molecule has 0 aliphatic rings.